The van der Waals surface area contributed by atoms with Crippen LogP contribution in [0.3, 0.4) is 0 Å². The van der Waals surface area contributed by atoms with Crippen LogP contribution in [0.5, 0.6) is 5.75 Å². The zero-order valence-corrected chi connectivity index (χ0v) is 18.6. The molecule has 2 amide bonds. The van der Waals surface area contributed by atoms with E-state index in [9.17, 15) is 9.59 Å². The number of thiophene rings is 1. The lowest BCUT2D eigenvalue weighted by molar-refractivity contribution is -0.129. The normalized spacial score (nSPS) is 18.1. The number of hydrogen-bond acceptors (Lipinski definition) is 4. The maximum atomic E-state index is 13.1. The van der Waals surface area contributed by atoms with Crippen molar-refractivity contribution in [2.45, 2.75) is 12.8 Å². The van der Waals surface area contributed by atoms with Crippen molar-refractivity contribution in [2.24, 2.45) is 5.41 Å². The number of benzene rings is 2. The van der Waals surface area contributed by atoms with Gasteiger partial charge in [-0.05, 0) is 53.6 Å². The molecule has 2 aromatic carbocycles. The van der Waals surface area contributed by atoms with Gasteiger partial charge in [-0.25, -0.2) is 0 Å². The second kappa shape index (κ2) is 8.94. The molecule has 0 radical (unpaired) electrons. The lowest BCUT2D eigenvalue weighted by Gasteiger charge is -2.28. The lowest BCUT2D eigenvalue weighted by atomic mass is 9.79. The van der Waals surface area contributed by atoms with Crippen molar-refractivity contribution in [2.75, 3.05) is 27.2 Å². The molecular weight excluding hydrogens is 408 g/mol. The number of ether oxygens (including phenoxy) is 1. The highest BCUT2D eigenvalue weighted by atomic mass is 32.1. The summed E-state index contributed by atoms with van der Waals surface area (Å²) in [4.78, 5) is 29.0. The highest BCUT2D eigenvalue weighted by Gasteiger charge is 2.45. The molecule has 1 aromatic heterocycles. The first-order valence-electron chi connectivity index (χ1n) is 10.3. The molecule has 0 spiro atoms. The summed E-state index contributed by atoms with van der Waals surface area (Å²) < 4.78 is 5.25. The van der Waals surface area contributed by atoms with E-state index in [1.807, 2.05) is 18.2 Å². The van der Waals surface area contributed by atoms with Crippen LogP contribution in [0.1, 0.15) is 22.3 Å². The number of methoxy groups -OCH3 is 1. The quantitative estimate of drug-likeness (QED) is 0.631. The third-order valence-electron chi connectivity index (χ3n) is 5.97. The third kappa shape index (κ3) is 4.35. The van der Waals surface area contributed by atoms with Gasteiger partial charge in [0.1, 0.15) is 5.75 Å². The van der Waals surface area contributed by atoms with E-state index in [4.69, 9.17) is 4.74 Å². The van der Waals surface area contributed by atoms with E-state index in [2.05, 4.69) is 41.0 Å². The van der Waals surface area contributed by atoms with Gasteiger partial charge in [0, 0.05) is 30.6 Å². The van der Waals surface area contributed by atoms with Gasteiger partial charge in [0.15, 0.2) is 0 Å². The van der Waals surface area contributed by atoms with Crippen LogP contribution in [0, 0.1) is 5.41 Å². The molecule has 1 saturated heterocycles. The van der Waals surface area contributed by atoms with Gasteiger partial charge in [-0.2, -0.15) is 0 Å². The van der Waals surface area contributed by atoms with Crippen LogP contribution < -0.4 is 10.1 Å². The predicted molar refractivity (Wildman–Crippen MR) is 123 cm³/mol. The van der Waals surface area contributed by atoms with Gasteiger partial charge in [-0.1, -0.05) is 36.4 Å². The van der Waals surface area contributed by atoms with Crippen molar-refractivity contribution in [1.29, 1.82) is 0 Å². The first-order valence-corrected chi connectivity index (χ1v) is 11.2. The van der Waals surface area contributed by atoms with Crippen LogP contribution >= 0.6 is 11.3 Å². The van der Waals surface area contributed by atoms with Crippen LogP contribution in [0.2, 0.25) is 0 Å². The molecule has 160 valence electrons. The molecule has 1 aliphatic rings. The largest absolute Gasteiger partial charge is 0.497 e. The summed E-state index contributed by atoms with van der Waals surface area (Å²) in [7, 11) is 3.25. The van der Waals surface area contributed by atoms with Crippen molar-refractivity contribution < 1.29 is 14.3 Å². The number of rotatable bonds is 6. The van der Waals surface area contributed by atoms with E-state index in [0.717, 1.165) is 5.56 Å². The Morgan fingerprint density at radius 1 is 1.13 bits per heavy atom. The molecule has 0 bridgehead atoms. The minimum absolute atomic E-state index is 0.0178. The van der Waals surface area contributed by atoms with Crippen molar-refractivity contribution in [3.05, 3.63) is 77.2 Å². The zero-order chi connectivity index (χ0) is 21.8. The molecule has 6 heteroatoms. The number of nitrogens with one attached hydrogen (secondary N) is 1. The topological polar surface area (TPSA) is 58.6 Å². The molecule has 0 aliphatic carbocycles. The van der Waals surface area contributed by atoms with Crippen LogP contribution in [-0.4, -0.2) is 44.0 Å². The van der Waals surface area contributed by atoms with Gasteiger partial charge in [-0.3, -0.25) is 9.59 Å². The van der Waals surface area contributed by atoms with Crippen molar-refractivity contribution in [3.63, 3.8) is 0 Å². The first kappa shape index (κ1) is 21.1. The van der Waals surface area contributed by atoms with Gasteiger partial charge in [0.05, 0.1) is 12.5 Å². The second-order valence-electron chi connectivity index (χ2n) is 7.92. The number of amides is 2. The Balaban J connectivity index is 1.53. The van der Waals surface area contributed by atoms with Crippen molar-refractivity contribution >= 4 is 23.2 Å². The smallest absolute Gasteiger partial charge is 0.254 e. The van der Waals surface area contributed by atoms with Crippen molar-refractivity contribution in [1.82, 2.24) is 10.2 Å². The molecule has 2 heterocycles. The summed E-state index contributed by atoms with van der Waals surface area (Å²) in [5.41, 5.74) is 2.22. The minimum atomic E-state index is -0.631. The number of likely N-dealkylation sites (tertiary alicyclic amines) is 1. The van der Waals surface area contributed by atoms with E-state index < -0.39 is 5.41 Å². The molecule has 3 aromatic rings. The zero-order valence-electron chi connectivity index (χ0n) is 17.8. The molecule has 1 atom stereocenters. The fourth-order valence-electron chi connectivity index (χ4n) is 4.28. The standard InChI is InChI=1S/C25H26N2O3S/c1-26-24(29)25(16-18-8-10-19(11-9-18)22-7-4-14-31-22)12-13-27(17-25)23(28)20-5-3-6-21(15-20)30-2/h3-11,14-15H,12-13,16-17H2,1-2H3,(H,26,29)/t25-/m0/s1. The third-order valence-corrected chi connectivity index (χ3v) is 6.89. The van der Waals surface area contributed by atoms with E-state index >= 15 is 0 Å². The van der Waals surface area contributed by atoms with Gasteiger partial charge in [0.2, 0.25) is 5.91 Å². The van der Waals surface area contributed by atoms with E-state index in [-0.39, 0.29) is 11.8 Å². The Morgan fingerprint density at radius 3 is 2.61 bits per heavy atom. The predicted octanol–water partition coefficient (Wildman–Crippen LogP) is 4.24. The van der Waals surface area contributed by atoms with E-state index in [1.165, 1.54) is 10.4 Å². The Labute approximate surface area is 186 Å². The monoisotopic (exact) mass is 434 g/mol. The van der Waals surface area contributed by atoms with Crippen LogP contribution in [0.4, 0.5) is 0 Å². The van der Waals surface area contributed by atoms with Gasteiger partial charge >= 0.3 is 0 Å². The van der Waals surface area contributed by atoms with E-state index in [1.54, 1.807) is 42.5 Å². The minimum Gasteiger partial charge on any atom is -0.497 e. The molecule has 1 fully saturated rings. The van der Waals surface area contributed by atoms with Crippen molar-refractivity contribution in [3.8, 4) is 16.2 Å². The Bertz CT molecular complexity index is 1060. The fourth-order valence-corrected chi connectivity index (χ4v) is 5.01. The van der Waals surface area contributed by atoms with E-state index in [0.29, 0.717) is 37.2 Å². The summed E-state index contributed by atoms with van der Waals surface area (Å²) in [5.74, 6) is 0.557. The molecule has 1 N–H and O–H groups in total. The molecule has 31 heavy (non-hydrogen) atoms. The number of hydrogen-bond donors (Lipinski definition) is 1. The summed E-state index contributed by atoms with van der Waals surface area (Å²) >= 11 is 1.71. The Kier molecular flexibility index (Phi) is 6.09. The van der Waals surface area contributed by atoms with Gasteiger partial charge < -0.3 is 15.0 Å². The molecule has 4 rings (SSSR count). The average molecular weight is 435 g/mol. The Hall–Kier alpha value is -3.12. The maximum Gasteiger partial charge on any atom is 0.254 e. The average Bonchev–Trinajstić information content (AvgIpc) is 3.50. The lowest BCUT2D eigenvalue weighted by Crippen LogP contribution is -2.44. The molecule has 0 saturated carbocycles. The van der Waals surface area contributed by atoms with Crippen LogP contribution in [0.25, 0.3) is 10.4 Å². The molecule has 0 unspecified atom stereocenters. The van der Waals surface area contributed by atoms with Gasteiger partial charge in [0.25, 0.3) is 5.91 Å². The summed E-state index contributed by atoms with van der Waals surface area (Å²) in [6, 6.07) is 19.7. The highest BCUT2D eigenvalue weighted by molar-refractivity contribution is 7.13. The molecule has 5 nitrogen and oxygen atoms in total. The Morgan fingerprint density at radius 2 is 1.94 bits per heavy atom. The first-order chi connectivity index (χ1) is 15.0. The fraction of sp³-hybridized carbons (Fsp3) is 0.280. The van der Waals surface area contributed by atoms with Crippen LogP contribution in [-0.2, 0) is 11.2 Å². The number of carbonyl (C=O) groups is 2. The summed E-state index contributed by atoms with van der Waals surface area (Å²) in [6.07, 6.45) is 1.23. The second-order valence-corrected chi connectivity index (χ2v) is 8.87. The molecular formula is C25H26N2O3S. The summed E-state index contributed by atoms with van der Waals surface area (Å²) in [5, 5.41) is 4.89. The van der Waals surface area contributed by atoms with Gasteiger partial charge in [-0.15, -0.1) is 11.3 Å². The highest BCUT2D eigenvalue weighted by Crippen LogP contribution is 2.36. The van der Waals surface area contributed by atoms with Crippen LogP contribution in [0.15, 0.2) is 66.0 Å². The summed E-state index contributed by atoms with van der Waals surface area (Å²) in [6.45, 7) is 0.951. The molecule has 1 aliphatic heterocycles. The SMILES string of the molecule is CNC(=O)[C@]1(Cc2ccc(-c3cccs3)cc2)CCN(C(=O)c2cccc(OC)c2)C1. The number of nitrogens with zero attached hydrogens (tertiary/aromatic N) is 1. The maximum absolute atomic E-state index is 13.1. The number of carbonyl (C=O) groups excluding carboxylic acids is 2.